The minimum absolute atomic E-state index is 0.141. The molecule has 0 saturated carbocycles. The van der Waals surface area contributed by atoms with E-state index in [-0.39, 0.29) is 30.8 Å². The summed E-state index contributed by atoms with van der Waals surface area (Å²) in [4.78, 5) is 12.3. The lowest BCUT2D eigenvalue weighted by Crippen LogP contribution is -2.29. The molecule has 118 valence electrons. The maximum absolute atomic E-state index is 13.0. The molecule has 23 heavy (non-hydrogen) atoms. The molecule has 1 unspecified atom stereocenters. The Kier molecular flexibility index (Phi) is 4.39. The summed E-state index contributed by atoms with van der Waals surface area (Å²) in [5, 5.41) is 13.0. The molecule has 2 aromatic carbocycles. The SMILES string of the molecule is O=C(NCC(CO)c1ccc(F)cc1)c1coc2ccccc12. The average Bonchev–Trinajstić information content (AvgIpc) is 3.01. The van der Waals surface area contributed by atoms with Crippen molar-refractivity contribution in [2.24, 2.45) is 0 Å². The molecule has 1 heterocycles. The molecule has 0 aliphatic heterocycles. The third-order valence-electron chi connectivity index (χ3n) is 3.80. The Morgan fingerprint density at radius 3 is 2.65 bits per heavy atom. The van der Waals surface area contributed by atoms with Crippen LogP contribution in [0.15, 0.2) is 59.2 Å². The van der Waals surface area contributed by atoms with Crippen molar-refractivity contribution in [2.45, 2.75) is 5.92 Å². The van der Waals surface area contributed by atoms with E-state index < -0.39 is 0 Å². The normalized spacial score (nSPS) is 12.3. The maximum atomic E-state index is 13.0. The predicted molar refractivity (Wildman–Crippen MR) is 84.8 cm³/mol. The number of hydrogen-bond donors (Lipinski definition) is 2. The van der Waals surface area contributed by atoms with Gasteiger partial charge >= 0.3 is 0 Å². The summed E-state index contributed by atoms with van der Waals surface area (Å²) in [6, 6.07) is 13.2. The van der Waals surface area contributed by atoms with E-state index in [9.17, 15) is 14.3 Å². The topological polar surface area (TPSA) is 62.5 Å². The van der Waals surface area contributed by atoms with Gasteiger partial charge in [0, 0.05) is 17.8 Å². The molecule has 0 fully saturated rings. The number of rotatable bonds is 5. The standard InChI is InChI=1S/C18H16FNO3/c19-14-7-5-12(6-8-14)13(10-21)9-20-18(22)16-11-23-17-4-2-1-3-15(16)17/h1-8,11,13,21H,9-10H2,(H,20,22). The number of halogens is 1. The fraction of sp³-hybridized carbons (Fsp3) is 0.167. The summed E-state index contributed by atoms with van der Waals surface area (Å²) >= 11 is 0. The van der Waals surface area contributed by atoms with Gasteiger partial charge in [-0.2, -0.15) is 0 Å². The summed E-state index contributed by atoms with van der Waals surface area (Å²) < 4.78 is 18.3. The first-order valence-corrected chi connectivity index (χ1v) is 7.30. The number of amides is 1. The number of benzene rings is 2. The zero-order valence-electron chi connectivity index (χ0n) is 12.3. The Labute approximate surface area is 132 Å². The number of hydrogen-bond acceptors (Lipinski definition) is 3. The molecule has 1 atom stereocenters. The van der Waals surface area contributed by atoms with Crippen molar-refractivity contribution in [1.29, 1.82) is 0 Å². The number of nitrogens with one attached hydrogen (secondary N) is 1. The van der Waals surface area contributed by atoms with Gasteiger partial charge in [0.05, 0.1) is 12.2 Å². The highest BCUT2D eigenvalue weighted by Gasteiger charge is 2.16. The van der Waals surface area contributed by atoms with Crippen LogP contribution in [0.5, 0.6) is 0 Å². The van der Waals surface area contributed by atoms with Crippen LogP contribution in [0.4, 0.5) is 4.39 Å². The van der Waals surface area contributed by atoms with Gasteiger partial charge < -0.3 is 14.8 Å². The molecule has 0 spiro atoms. The molecule has 0 radical (unpaired) electrons. The number of furan rings is 1. The van der Waals surface area contributed by atoms with Crippen molar-refractivity contribution >= 4 is 16.9 Å². The number of carbonyl (C=O) groups is 1. The molecule has 2 N–H and O–H groups in total. The van der Waals surface area contributed by atoms with E-state index in [1.165, 1.54) is 18.4 Å². The summed E-state index contributed by atoms with van der Waals surface area (Å²) in [5.74, 6) is -0.896. The van der Waals surface area contributed by atoms with Crippen molar-refractivity contribution < 1.29 is 18.7 Å². The minimum atomic E-state index is -0.334. The molecular formula is C18H16FNO3. The molecule has 5 heteroatoms. The van der Waals surface area contributed by atoms with Crippen molar-refractivity contribution in [3.63, 3.8) is 0 Å². The van der Waals surface area contributed by atoms with E-state index in [4.69, 9.17) is 4.42 Å². The molecule has 0 aliphatic carbocycles. The lowest BCUT2D eigenvalue weighted by molar-refractivity contribution is 0.0948. The molecule has 0 saturated heterocycles. The number of fused-ring (bicyclic) bond motifs is 1. The number of para-hydroxylation sites is 1. The summed E-state index contributed by atoms with van der Waals surface area (Å²) in [6.45, 7) is 0.110. The second-order valence-electron chi connectivity index (χ2n) is 5.29. The Balaban J connectivity index is 1.71. The first-order valence-electron chi connectivity index (χ1n) is 7.30. The van der Waals surface area contributed by atoms with Crippen LogP contribution in [-0.2, 0) is 0 Å². The van der Waals surface area contributed by atoms with Crippen molar-refractivity contribution in [3.05, 3.63) is 71.7 Å². The molecule has 3 rings (SSSR count). The van der Waals surface area contributed by atoms with Crippen molar-refractivity contribution in [2.75, 3.05) is 13.2 Å². The van der Waals surface area contributed by atoms with Crippen LogP contribution in [0.3, 0.4) is 0 Å². The Morgan fingerprint density at radius 1 is 1.17 bits per heavy atom. The van der Waals surface area contributed by atoms with Gasteiger partial charge in [0.15, 0.2) is 0 Å². The molecule has 1 aromatic heterocycles. The zero-order valence-corrected chi connectivity index (χ0v) is 12.3. The molecule has 4 nitrogen and oxygen atoms in total. The van der Waals surface area contributed by atoms with Gasteiger partial charge in [-0.15, -0.1) is 0 Å². The summed E-state index contributed by atoms with van der Waals surface area (Å²) in [5.41, 5.74) is 1.87. The molecule has 0 aliphatic rings. The van der Waals surface area contributed by atoms with E-state index in [1.807, 2.05) is 18.2 Å². The predicted octanol–water partition coefficient (Wildman–Crippen LogP) is 3.08. The first-order chi connectivity index (χ1) is 11.2. The quantitative estimate of drug-likeness (QED) is 0.761. The van der Waals surface area contributed by atoms with Gasteiger partial charge in [-0.25, -0.2) is 4.39 Å². The van der Waals surface area contributed by atoms with Crippen LogP contribution >= 0.6 is 0 Å². The number of aliphatic hydroxyl groups excluding tert-OH is 1. The highest BCUT2D eigenvalue weighted by molar-refractivity contribution is 6.05. The Bertz CT molecular complexity index is 811. The van der Waals surface area contributed by atoms with Crippen LogP contribution < -0.4 is 5.32 Å². The lowest BCUT2D eigenvalue weighted by Gasteiger charge is -2.15. The largest absolute Gasteiger partial charge is 0.463 e. The van der Waals surface area contributed by atoms with Gasteiger partial charge in [0.25, 0.3) is 5.91 Å². The zero-order chi connectivity index (χ0) is 16.2. The van der Waals surface area contributed by atoms with Crippen LogP contribution in [0.1, 0.15) is 21.8 Å². The fourth-order valence-corrected chi connectivity index (χ4v) is 2.49. The van der Waals surface area contributed by atoms with Gasteiger partial charge in [-0.3, -0.25) is 4.79 Å². The van der Waals surface area contributed by atoms with Crippen molar-refractivity contribution in [1.82, 2.24) is 5.32 Å². The maximum Gasteiger partial charge on any atom is 0.255 e. The van der Waals surface area contributed by atoms with E-state index in [2.05, 4.69) is 5.32 Å². The van der Waals surface area contributed by atoms with E-state index >= 15 is 0 Å². The van der Waals surface area contributed by atoms with Gasteiger partial charge in [0.2, 0.25) is 0 Å². The highest BCUT2D eigenvalue weighted by Crippen LogP contribution is 2.21. The Morgan fingerprint density at radius 2 is 1.91 bits per heavy atom. The lowest BCUT2D eigenvalue weighted by atomic mass is 10.00. The van der Waals surface area contributed by atoms with Crippen LogP contribution in [-0.4, -0.2) is 24.2 Å². The number of aliphatic hydroxyl groups is 1. The van der Waals surface area contributed by atoms with Gasteiger partial charge in [-0.1, -0.05) is 30.3 Å². The fourth-order valence-electron chi connectivity index (χ4n) is 2.49. The third-order valence-corrected chi connectivity index (χ3v) is 3.80. The van der Waals surface area contributed by atoms with Gasteiger partial charge in [0.1, 0.15) is 17.7 Å². The smallest absolute Gasteiger partial charge is 0.255 e. The molecular weight excluding hydrogens is 297 g/mol. The van der Waals surface area contributed by atoms with E-state index in [1.54, 1.807) is 18.2 Å². The third kappa shape index (κ3) is 3.24. The molecule has 3 aromatic rings. The highest BCUT2D eigenvalue weighted by atomic mass is 19.1. The Hall–Kier alpha value is -2.66. The van der Waals surface area contributed by atoms with Crippen LogP contribution in [0.25, 0.3) is 11.0 Å². The second kappa shape index (κ2) is 6.62. The van der Waals surface area contributed by atoms with Crippen LogP contribution in [0, 0.1) is 5.82 Å². The molecule has 0 bridgehead atoms. The summed E-state index contributed by atoms with van der Waals surface area (Å²) in [6.07, 6.45) is 1.42. The second-order valence-corrected chi connectivity index (χ2v) is 5.29. The van der Waals surface area contributed by atoms with E-state index in [0.717, 1.165) is 10.9 Å². The van der Waals surface area contributed by atoms with Crippen LogP contribution in [0.2, 0.25) is 0 Å². The minimum Gasteiger partial charge on any atom is -0.463 e. The number of carbonyl (C=O) groups excluding carboxylic acids is 1. The average molecular weight is 313 g/mol. The van der Waals surface area contributed by atoms with Gasteiger partial charge in [-0.05, 0) is 23.8 Å². The molecule has 1 amide bonds. The summed E-state index contributed by atoms with van der Waals surface area (Å²) in [7, 11) is 0. The first kappa shape index (κ1) is 15.2. The monoisotopic (exact) mass is 313 g/mol. The van der Waals surface area contributed by atoms with E-state index in [0.29, 0.717) is 11.1 Å². The van der Waals surface area contributed by atoms with Crippen molar-refractivity contribution in [3.8, 4) is 0 Å².